The van der Waals surface area contributed by atoms with Crippen LogP contribution in [0.3, 0.4) is 0 Å². The Bertz CT molecular complexity index is 132. The van der Waals surface area contributed by atoms with Gasteiger partial charge < -0.3 is 10.3 Å². The second-order valence-electron chi connectivity index (χ2n) is 2.42. The molecule has 0 spiro atoms. The number of carbonyl (C=O) groups excluding carboxylic acids is 1. The summed E-state index contributed by atoms with van der Waals surface area (Å²) in [6.45, 7) is 2.32. The zero-order valence-corrected chi connectivity index (χ0v) is 8.26. The van der Waals surface area contributed by atoms with E-state index in [2.05, 4.69) is 10.3 Å². The van der Waals surface area contributed by atoms with Gasteiger partial charge in [0.25, 0.3) is 0 Å². The van der Waals surface area contributed by atoms with Crippen molar-refractivity contribution in [1.29, 1.82) is 0 Å². The van der Waals surface area contributed by atoms with Crippen LogP contribution in [0.4, 0.5) is 0 Å². The number of nitrogens with zero attached hydrogens (tertiary/aromatic N) is 1. The Labute approximate surface area is 75.3 Å². The van der Waals surface area contributed by atoms with Crippen LogP contribution < -0.4 is 5.32 Å². The van der Waals surface area contributed by atoms with Crippen molar-refractivity contribution in [2.24, 2.45) is 4.99 Å². The standard InChI is InChI=1S/C8H16N2O.CH3/c1-8(11)10-7-5-3-4-6-9-2;/h6H,3-5,7H2,1-2H3,(H,10,11);1H3/q;+1/i2+1,10+1;1+1. The molecular formula is C9H19N2O+. The van der Waals surface area contributed by atoms with Gasteiger partial charge in [0.1, 0.15) is 0 Å². The Morgan fingerprint density at radius 2 is 2.17 bits per heavy atom. The number of unbranched alkanes of at least 4 members (excludes halogenated alkanes) is 2. The Balaban J connectivity index is 0. The monoisotopic (exact) mass is 174 g/mol. The first-order valence-corrected chi connectivity index (χ1v) is 3.92. The number of nitrogens with one attached hydrogen (secondary N) is 1. The summed E-state index contributed by atoms with van der Waals surface area (Å²) in [6.07, 6.45) is 5.03. The van der Waals surface area contributed by atoms with Gasteiger partial charge in [0.2, 0.25) is 5.91 Å². The quantitative estimate of drug-likeness (QED) is 0.221. The maximum absolute atomic E-state index is 10.4. The molecule has 1 amide bonds. The molecule has 0 saturated heterocycles. The van der Waals surface area contributed by atoms with Gasteiger partial charge in [0.05, 0.1) is 0 Å². The van der Waals surface area contributed by atoms with E-state index in [-0.39, 0.29) is 13.3 Å². The lowest BCUT2D eigenvalue weighted by molar-refractivity contribution is -0.118. The number of rotatable bonds is 5. The van der Waals surface area contributed by atoms with Gasteiger partial charge in [0, 0.05) is 27.9 Å². The zero-order chi connectivity index (χ0) is 8.53. The third-order valence-electron chi connectivity index (χ3n) is 1.32. The van der Waals surface area contributed by atoms with Crippen molar-refractivity contribution in [3.05, 3.63) is 7.43 Å². The van der Waals surface area contributed by atoms with Crippen LogP contribution in [0, 0.1) is 7.43 Å². The Morgan fingerprint density at radius 3 is 2.67 bits per heavy atom. The maximum Gasteiger partial charge on any atom is 0.216 e. The molecule has 3 nitrogen and oxygen atoms in total. The highest BCUT2D eigenvalue weighted by molar-refractivity contribution is 5.72. The molecule has 0 aromatic rings. The zero-order valence-electron chi connectivity index (χ0n) is 8.26. The molecule has 3 heteroatoms. The van der Waals surface area contributed by atoms with E-state index in [1.807, 2.05) is 6.21 Å². The Morgan fingerprint density at radius 1 is 1.50 bits per heavy atom. The molecule has 0 saturated carbocycles. The van der Waals surface area contributed by atoms with Gasteiger partial charge in [-0.05, 0) is 25.5 Å². The third kappa shape index (κ3) is 11.8. The number of carbonyl (C=O) groups is 1. The molecule has 0 aromatic heterocycles. The topological polar surface area (TPSA) is 41.5 Å². The smallest absolute Gasteiger partial charge is 0.216 e. The first-order chi connectivity index (χ1) is 5.27. The molecule has 70 valence electrons. The minimum Gasteiger partial charge on any atom is -0.356 e. The molecule has 0 bridgehead atoms. The largest absolute Gasteiger partial charge is 0.356 e. The van der Waals surface area contributed by atoms with Crippen molar-refractivity contribution >= 4 is 12.1 Å². The average Bonchev–Trinajstić information content (AvgIpc) is 1.96. The van der Waals surface area contributed by atoms with Gasteiger partial charge in [-0.25, -0.2) is 0 Å². The molecule has 0 aliphatic carbocycles. The van der Waals surface area contributed by atoms with E-state index in [9.17, 15) is 4.79 Å². The number of amides is 1. The Kier molecular flexibility index (Phi) is 11.3. The lowest BCUT2D eigenvalue weighted by Gasteiger charge is -1.98. The highest BCUT2D eigenvalue weighted by Gasteiger charge is 1.89. The fraction of sp³-hybridized carbons (Fsp3) is 0.667. The molecule has 0 unspecified atom stereocenters. The minimum absolute atomic E-state index is 0. The number of hydrogen-bond acceptors (Lipinski definition) is 2. The molecule has 0 radical (unpaired) electrons. The van der Waals surface area contributed by atoms with E-state index < -0.39 is 0 Å². The molecular weight excluding hydrogens is 155 g/mol. The van der Waals surface area contributed by atoms with Crippen molar-refractivity contribution in [3.63, 3.8) is 0 Å². The summed E-state index contributed by atoms with van der Waals surface area (Å²) >= 11 is 0. The van der Waals surface area contributed by atoms with E-state index in [4.69, 9.17) is 0 Å². The highest BCUT2D eigenvalue weighted by atomic mass is 16.2. The molecule has 0 aliphatic heterocycles. The van der Waals surface area contributed by atoms with Gasteiger partial charge in [-0.2, -0.15) is 0 Å². The second-order valence-corrected chi connectivity index (χ2v) is 2.42. The molecule has 0 fully saturated rings. The summed E-state index contributed by atoms with van der Waals surface area (Å²) in [7, 11) is 1.77. The van der Waals surface area contributed by atoms with E-state index >= 15 is 0 Å². The van der Waals surface area contributed by atoms with Gasteiger partial charge in [-0.15, -0.1) is 0 Å². The summed E-state index contributed by atoms with van der Waals surface area (Å²) < 4.78 is 0. The van der Waals surface area contributed by atoms with Crippen LogP contribution in [-0.2, 0) is 4.79 Å². The predicted molar refractivity (Wildman–Crippen MR) is 53.4 cm³/mol. The van der Waals surface area contributed by atoms with Gasteiger partial charge >= 0.3 is 0 Å². The van der Waals surface area contributed by atoms with Crippen molar-refractivity contribution < 1.29 is 4.79 Å². The van der Waals surface area contributed by atoms with Crippen LogP contribution in [0.25, 0.3) is 0 Å². The van der Waals surface area contributed by atoms with Crippen molar-refractivity contribution in [3.8, 4) is 0 Å². The van der Waals surface area contributed by atoms with Crippen LogP contribution in [0.15, 0.2) is 4.99 Å². The van der Waals surface area contributed by atoms with E-state index in [0.29, 0.717) is 0 Å². The maximum atomic E-state index is 10.4. The first-order valence-electron chi connectivity index (χ1n) is 3.92. The molecule has 0 rings (SSSR count). The van der Waals surface area contributed by atoms with Crippen LogP contribution in [0.5, 0.6) is 0 Å². The van der Waals surface area contributed by atoms with Crippen molar-refractivity contribution in [1.82, 2.24) is 5.32 Å². The SMILES string of the molecule is CC(=O)[15NH]CCCCC=N[13CH3].[13CH3+]. The molecule has 12 heavy (non-hydrogen) atoms. The molecule has 1 N–H and O–H groups in total. The van der Waals surface area contributed by atoms with Crippen LogP contribution >= 0.6 is 0 Å². The summed E-state index contributed by atoms with van der Waals surface area (Å²) in [5, 5.41) is 2.74. The summed E-state index contributed by atoms with van der Waals surface area (Å²) in [4.78, 5) is 14.3. The van der Waals surface area contributed by atoms with Gasteiger partial charge in [0.15, 0.2) is 0 Å². The minimum atomic E-state index is 0. The highest BCUT2D eigenvalue weighted by Crippen LogP contribution is 1.90. The lowest BCUT2D eigenvalue weighted by Crippen LogP contribution is -2.20. The van der Waals surface area contributed by atoms with Crippen LogP contribution in [0.1, 0.15) is 26.2 Å². The molecule has 0 aromatic carbocycles. The van der Waals surface area contributed by atoms with E-state index in [1.165, 1.54) is 6.92 Å². The Hall–Kier alpha value is -0.990. The summed E-state index contributed by atoms with van der Waals surface area (Å²) in [5.41, 5.74) is 0. The average molecular weight is 174 g/mol. The molecule has 0 heterocycles. The van der Waals surface area contributed by atoms with Crippen LogP contribution in [0.2, 0.25) is 0 Å². The van der Waals surface area contributed by atoms with Gasteiger partial charge in [-0.3, -0.25) is 4.79 Å². The summed E-state index contributed by atoms with van der Waals surface area (Å²) in [6, 6.07) is 0. The fourth-order valence-electron chi connectivity index (χ4n) is 0.754. The second kappa shape index (κ2) is 10.0. The van der Waals surface area contributed by atoms with Crippen molar-refractivity contribution in [2.45, 2.75) is 26.2 Å². The normalized spacial score (nSPS) is 9.50. The van der Waals surface area contributed by atoms with Gasteiger partial charge in [-0.1, -0.05) is 0 Å². The van der Waals surface area contributed by atoms with Crippen LogP contribution in [-0.4, -0.2) is 25.7 Å². The molecule has 0 atom stereocenters. The van der Waals surface area contributed by atoms with E-state index in [1.54, 1.807) is 7.05 Å². The predicted octanol–water partition coefficient (Wildman–Crippen LogP) is 1.44. The number of hydrogen-bond donors (Lipinski definition) is 1. The fourth-order valence-corrected chi connectivity index (χ4v) is 0.754. The third-order valence-corrected chi connectivity index (χ3v) is 1.32. The molecule has 0 aliphatic rings. The number of aliphatic imine (C=N–C) groups is 1. The first kappa shape index (κ1) is 13.6. The van der Waals surface area contributed by atoms with E-state index in [0.717, 1.165) is 25.8 Å². The van der Waals surface area contributed by atoms with Crippen molar-refractivity contribution in [2.75, 3.05) is 13.6 Å². The lowest BCUT2D eigenvalue weighted by atomic mass is 10.2. The summed E-state index contributed by atoms with van der Waals surface area (Å²) in [5.74, 6) is 0.0501.